The van der Waals surface area contributed by atoms with Gasteiger partial charge in [-0.2, -0.15) is 0 Å². The van der Waals surface area contributed by atoms with Gasteiger partial charge in [0.1, 0.15) is 5.41 Å². The fourth-order valence-electron chi connectivity index (χ4n) is 10.9. The Morgan fingerprint density at radius 3 is 2.16 bits per heavy atom. The second kappa shape index (κ2) is 8.26. The van der Waals surface area contributed by atoms with Crippen LogP contribution in [-0.4, -0.2) is 68.1 Å². The molecule has 37 heavy (non-hydrogen) atoms. The Kier molecular flexibility index (Phi) is 6.16. The first-order chi connectivity index (χ1) is 17.1. The highest BCUT2D eigenvalue weighted by atomic mass is 16.4. The lowest BCUT2D eigenvalue weighted by Crippen LogP contribution is -2.70. The number of carboxylic acid groups (broad SMARTS) is 1. The molecule has 0 aliphatic heterocycles. The number of aliphatic hydroxyl groups excluding tert-OH is 5. The van der Waals surface area contributed by atoms with Crippen LogP contribution in [0.25, 0.3) is 0 Å². The lowest BCUT2D eigenvalue weighted by Gasteiger charge is -2.72. The minimum absolute atomic E-state index is 0.00467. The zero-order valence-corrected chi connectivity index (χ0v) is 23.2. The monoisotopic (exact) mass is 520 g/mol. The molecule has 0 amide bonds. The molecule has 4 saturated carbocycles. The van der Waals surface area contributed by atoms with E-state index in [0.29, 0.717) is 25.7 Å². The second-order valence-electron chi connectivity index (χ2n) is 15.0. The fraction of sp³-hybridized carbons (Fsp3) is 0.900. The molecule has 0 aromatic heterocycles. The van der Waals surface area contributed by atoms with Crippen molar-refractivity contribution in [3.05, 3.63) is 11.6 Å². The van der Waals surface area contributed by atoms with E-state index in [-0.39, 0.29) is 41.8 Å². The van der Waals surface area contributed by atoms with E-state index < -0.39 is 45.9 Å². The third kappa shape index (κ3) is 3.21. The Bertz CT molecular complexity index is 986. The van der Waals surface area contributed by atoms with Gasteiger partial charge >= 0.3 is 5.97 Å². The maximum atomic E-state index is 12.8. The van der Waals surface area contributed by atoms with Gasteiger partial charge in [0.05, 0.1) is 31.5 Å². The molecule has 5 rings (SSSR count). The Morgan fingerprint density at radius 2 is 1.57 bits per heavy atom. The van der Waals surface area contributed by atoms with Crippen molar-refractivity contribution in [2.24, 2.45) is 50.2 Å². The molecule has 7 nitrogen and oxygen atoms in total. The number of hydrogen-bond acceptors (Lipinski definition) is 6. The summed E-state index contributed by atoms with van der Waals surface area (Å²) in [6.07, 6.45) is 4.08. The summed E-state index contributed by atoms with van der Waals surface area (Å²) in [5.41, 5.74) is -2.26. The number of carbonyl (C=O) groups is 1. The van der Waals surface area contributed by atoms with E-state index in [0.717, 1.165) is 25.7 Å². The van der Waals surface area contributed by atoms with Crippen LogP contribution in [0.5, 0.6) is 0 Å². The van der Waals surface area contributed by atoms with E-state index >= 15 is 0 Å². The minimum atomic E-state index is -1.19. The van der Waals surface area contributed by atoms with Crippen molar-refractivity contribution in [2.75, 3.05) is 13.2 Å². The number of allylic oxidation sites excluding steroid dienone is 2. The number of aliphatic hydroxyl groups is 5. The summed E-state index contributed by atoms with van der Waals surface area (Å²) >= 11 is 0. The molecule has 0 spiro atoms. The van der Waals surface area contributed by atoms with Crippen molar-refractivity contribution < 1.29 is 35.4 Å². The molecule has 5 aliphatic carbocycles. The van der Waals surface area contributed by atoms with Crippen molar-refractivity contribution in [2.45, 2.75) is 104 Å². The topological polar surface area (TPSA) is 138 Å². The van der Waals surface area contributed by atoms with Crippen LogP contribution in [0, 0.1) is 50.2 Å². The van der Waals surface area contributed by atoms with Crippen LogP contribution in [0.15, 0.2) is 11.6 Å². The van der Waals surface area contributed by atoms with Gasteiger partial charge in [-0.1, -0.05) is 46.3 Å². The van der Waals surface area contributed by atoms with E-state index in [1.54, 1.807) is 0 Å². The third-order valence-electron chi connectivity index (χ3n) is 13.2. The van der Waals surface area contributed by atoms with Gasteiger partial charge in [0.2, 0.25) is 0 Å². The van der Waals surface area contributed by atoms with Crippen LogP contribution in [0.1, 0.15) is 86.0 Å². The zero-order valence-electron chi connectivity index (χ0n) is 23.2. The Balaban J connectivity index is 1.64. The quantitative estimate of drug-likeness (QED) is 0.314. The summed E-state index contributed by atoms with van der Waals surface area (Å²) < 4.78 is 0. The summed E-state index contributed by atoms with van der Waals surface area (Å²) in [4.78, 5) is 12.8. The first kappa shape index (κ1) is 27.6. The van der Waals surface area contributed by atoms with Crippen molar-refractivity contribution in [3.63, 3.8) is 0 Å². The maximum Gasteiger partial charge on any atom is 0.312 e. The standard InChI is InChI=1S/C30H48O7/c1-25(2)10-11-30(24(36)37)18(12-25)17-6-7-20-26(3)13-19(33)23(35)29(15-31,16-32)21(26)8-9-27(20,4)28(17,5)14-22(30)34/h6,18-23,31-35H,7-16H2,1-5H3,(H,36,37)/t18-,19-,20?,21?,22+,23-,26+,27+,28+,30+/m0/s1. The van der Waals surface area contributed by atoms with E-state index in [1.165, 1.54) is 5.57 Å². The minimum Gasteiger partial charge on any atom is -0.481 e. The highest BCUT2D eigenvalue weighted by molar-refractivity contribution is 5.77. The molecule has 4 fully saturated rings. The Hall–Kier alpha value is -0.990. The molecule has 210 valence electrons. The summed E-state index contributed by atoms with van der Waals surface area (Å²) in [5, 5.41) is 65.1. The molecule has 7 heteroatoms. The van der Waals surface area contributed by atoms with Crippen LogP contribution in [-0.2, 0) is 4.79 Å². The first-order valence-electron chi connectivity index (χ1n) is 14.3. The summed E-state index contributed by atoms with van der Waals surface area (Å²) in [6, 6.07) is 0. The largest absolute Gasteiger partial charge is 0.481 e. The van der Waals surface area contributed by atoms with Crippen LogP contribution >= 0.6 is 0 Å². The summed E-state index contributed by atoms with van der Waals surface area (Å²) in [7, 11) is 0. The molecular formula is C30H48O7. The number of aliphatic carboxylic acids is 1. The van der Waals surface area contributed by atoms with Gasteiger partial charge in [0.25, 0.3) is 0 Å². The van der Waals surface area contributed by atoms with Crippen molar-refractivity contribution >= 4 is 5.97 Å². The molecule has 6 N–H and O–H groups in total. The highest BCUT2D eigenvalue weighted by Crippen LogP contribution is 2.75. The van der Waals surface area contributed by atoms with Gasteiger partial charge in [0, 0.05) is 5.41 Å². The fourth-order valence-corrected chi connectivity index (χ4v) is 10.9. The van der Waals surface area contributed by atoms with Gasteiger partial charge in [-0.25, -0.2) is 0 Å². The van der Waals surface area contributed by atoms with Crippen molar-refractivity contribution in [1.82, 2.24) is 0 Å². The predicted molar refractivity (Wildman–Crippen MR) is 138 cm³/mol. The van der Waals surface area contributed by atoms with Crippen molar-refractivity contribution in [1.29, 1.82) is 0 Å². The lowest BCUT2D eigenvalue weighted by atomic mass is 9.33. The van der Waals surface area contributed by atoms with Gasteiger partial charge < -0.3 is 30.6 Å². The van der Waals surface area contributed by atoms with Gasteiger partial charge in [0.15, 0.2) is 0 Å². The number of fused-ring (bicyclic) bond motifs is 7. The highest BCUT2D eigenvalue weighted by Gasteiger charge is 2.72. The normalized spacial score (nSPS) is 52.1. The molecular weight excluding hydrogens is 472 g/mol. The Morgan fingerprint density at radius 1 is 0.919 bits per heavy atom. The van der Waals surface area contributed by atoms with E-state index in [9.17, 15) is 35.4 Å². The van der Waals surface area contributed by atoms with Gasteiger partial charge in [-0.15, -0.1) is 0 Å². The van der Waals surface area contributed by atoms with Crippen LogP contribution in [0.2, 0.25) is 0 Å². The van der Waals surface area contributed by atoms with Crippen molar-refractivity contribution in [3.8, 4) is 0 Å². The zero-order chi connectivity index (χ0) is 27.4. The number of carboxylic acids is 1. The second-order valence-corrected chi connectivity index (χ2v) is 15.0. The number of rotatable bonds is 3. The molecule has 0 aromatic carbocycles. The Labute approximate surface area is 221 Å². The summed E-state index contributed by atoms with van der Waals surface area (Å²) in [6.45, 7) is 10.3. The molecule has 10 atom stereocenters. The smallest absolute Gasteiger partial charge is 0.312 e. The SMILES string of the molecule is CC1(C)CC[C@]2(C(=O)O)[C@H](O)C[C@]3(C)C(=CCC4[C@@]5(C)C[C@H](O)[C@H](O)C(CO)(CO)C5CC[C@]43C)[C@@H]2C1. The van der Waals surface area contributed by atoms with Crippen LogP contribution in [0.3, 0.4) is 0 Å². The molecule has 0 bridgehead atoms. The predicted octanol–water partition coefficient (Wildman–Crippen LogP) is 3.12. The van der Waals surface area contributed by atoms with Gasteiger partial charge in [-0.05, 0) is 90.8 Å². The van der Waals surface area contributed by atoms with E-state index in [1.807, 2.05) is 0 Å². The number of hydrogen-bond donors (Lipinski definition) is 6. The van der Waals surface area contributed by atoms with Crippen LogP contribution < -0.4 is 0 Å². The first-order valence-corrected chi connectivity index (χ1v) is 14.3. The molecule has 5 aliphatic rings. The van der Waals surface area contributed by atoms with Crippen LogP contribution in [0.4, 0.5) is 0 Å². The van der Waals surface area contributed by atoms with E-state index in [4.69, 9.17) is 0 Å². The average Bonchev–Trinajstić information content (AvgIpc) is 2.80. The maximum absolute atomic E-state index is 12.8. The molecule has 2 unspecified atom stereocenters. The molecule has 0 heterocycles. The summed E-state index contributed by atoms with van der Waals surface area (Å²) in [5.74, 6) is -1.18. The average molecular weight is 521 g/mol. The van der Waals surface area contributed by atoms with E-state index in [2.05, 4.69) is 40.7 Å². The lowest BCUT2D eigenvalue weighted by molar-refractivity contribution is -0.260. The van der Waals surface area contributed by atoms with Gasteiger partial charge in [-0.3, -0.25) is 4.79 Å². The molecule has 0 radical (unpaired) electrons. The third-order valence-corrected chi connectivity index (χ3v) is 13.2. The molecule has 0 aromatic rings. The molecule has 0 saturated heterocycles.